The van der Waals surface area contributed by atoms with Crippen molar-refractivity contribution in [1.82, 2.24) is 5.32 Å². The Morgan fingerprint density at radius 3 is 2.61 bits per heavy atom. The van der Waals surface area contributed by atoms with E-state index in [1.54, 1.807) is 0 Å². The van der Waals surface area contributed by atoms with Gasteiger partial charge in [0.1, 0.15) is 11.4 Å². The molecule has 1 fully saturated rings. The molecule has 1 amide bonds. The highest BCUT2D eigenvalue weighted by atomic mass is 19.1. The van der Waals surface area contributed by atoms with Crippen molar-refractivity contribution in [2.45, 2.75) is 19.4 Å². The van der Waals surface area contributed by atoms with E-state index in [1.165, 1.54) is 0 Å². The second-order valence-corrected chi connectivity index (χ2v) is 4.31. The van der Waals surface area contributed by atoms with Gasteiger partial charge >= 0.3 is 5.69 Å². The van der Waals surface area contributed by atoms with Gasteiger partial charge in [-0.25, -0.2) is 4.39 Å². The maximum Gasteiger partial charge on any atom is 0.305 e. The van der Waals surface area contributed by atoms with E-state index in [2.05, 4.69) is 5.32 Å². The van der Waals surface area contributed by atoms with Crippen molar-refractivity contribution in [2.75, 3.05) is 0 Å². The minimum Gasteiger partial charge on any atom is -0.349 e. The molecule has 0 aliphatic heterocycles. The van der Waals surface area contributed by atoms with Crippen LogP contribution >= 0.6 is 0 Å². The number of nitrogens with zero attached hydrogens (tertiary/aromatic N) is 1. The summed E-state index contributed by atoms with van der Waals surface area (Å²) in [5, 5.41) is 12.9. The zero-order chi connectivity index (χ0) is 13.4. The zero-order valence-electron chi connectivity index (χ0n) is 9.44. The topological polar surface area (TPSA) is 72.2 Å². The Hall–Kier alpha value is -2.05. The smallest absolute Gasteiger partial charge is 0.305 e. The van der Waals surface area contributed by atoms with Crippen LogP contribution in [-0.2, 0) is 0 Å². The molecule has 1 N–H and O–H groups in total. The lowest BCUT2D eigenvalue weighted by atomic mass is 10.1. The first kappa shape index (κ1) is 12.4. The molecule has 0 aromatic heterocycles. The summed E-state index contributed by atoms with van der Waals surface area (Å²) in [6.07, 6.45) is 0.740. The van der Waals surface area contributed by atoms with Gasteiger partial charge in [-0.3, -0.25) is 14.9 Å². The number of nitrogens with one attached hydrogen (secondary N) is 1. The Morgan fingerprint density at radius 2 is 2.11 bits per heavy atom. The number of benzene rings is 1. The fourth-order valence-corrected chi connectivity index (χ4v) is 1.65. The molecule has 96 valence electrons. The Balaban J connectivity index is 2.33. The van der Waals surface area contributed by atoms with Crippen LogP contribution in [-0.4, -0.2) is 16.9 Å². The van der Waals surface area contributed by atoms with Crippen LogP contribution in [0.2, 0.25) is 0 Å². The van der Waals surface area contributed by atoms with Gasteiger partial charge in [-0.05, 0) is 18.4 Å². The van der Waals surface area contributed by atoms with E-state index < -0.39 is 33.7 Å². The molecule has 1 aromatic rings. The summed E-state index contributed by atoms with van der Waals surface area (Å²) in [6.45, 7) is 1.88. The van der Waals surface area contributed by atoms with Crippen LogP contribution in [0.3, 0.4) is 0 Å². The fourth-order valence-electron chi connectivity index (χ4n) is 1.65. The summed E-state index contributed by atoms with van der Waals surface area (Å²) in [4.78, 5) is 21.2. The lowest BCUT2D eigenvalue weighted by molar-refractivity contribution is -0.387. The summed E-state index contributed by atoms with van der Waals surface area (Å²) in [5.41, 5.74) is -1.81. The maximum atomic E-state index is 13.7. The number of carbonyl (C=O) groups excluding carboxylic acids is 1. The lowest BCUT2D eigenvalue weighted by Crippen LogP contribution is -2.28. The van der Waals surface area contributed by atoms with E-state index >= 15 is 0 Å². The predicted octanol–water partition coefficient (Wildman–Crippen LogP) is 2.01. The third-order valence-corrected chi connectivity index (χ3v) is 2.92. The molecule has 1 aliphatic rings. The highest BCUT2D eigenvalue weighted by molar-refractivity contribution is 5.95. The normalized spacial score (nSPS) is 21.5. The Labute approximate surface area is 101 Å². The average Bonchev–Trinajstić information content (AvgIpc) is 2.93. The average molecular weight is 256 g/mol. The number of amides is 1. The molecule has 1 aliphatic carbocycles. The van der Waals surface area contributed by atoms with Gasteiger partial charge in [-0.15, -0.1) is 0 Å². The van der Waals surface area contributed by atoms with Crippen LogP contribution in [0.15, 0.2) is 12.1 Å². The van der Waals surface area contributed by atoms with Crippen LogP contribution in [0.1, 0.15) is 23.7 Å². The minimum atomic E-state index is -1.44. The van der Waals surface area contributed by atoms with Gasteiger partial charge in [0.15, 0.2) is 0 Å². The first-order chi connectivity index (χ1) is 8.41. The highest BCUT2D eigenvalue weighted by Crippen LogP contribution is 2.30. The quantitative estimate of drug-likeness (QED) is 0.664. The first-order valence-electron chi connectivity index (χ1n) is 5.35. The van der Waals surface area contributed by atoms with Crippen LogP contribution in [0.25, 0.3) is 0 Å². The molecule has 2 rings (SSSR count). The van der Waals surface area contributed by atoms with Crippen molar-refractivity contribution in [3.63, 3.8) is 0 Å². The molecule has 0 heterocycles. The summed E-state index contributed by atoms with van der Waals surface area (Å²) in [6, 6.07) is 1.30. The molecule has 5 nitrogen and oxygen atoms in total. The molecule has 2 unspecified atom stereocenters. The van der Waals surface area contributed by atoms with E-state index in [4.69, 9.17) is 0 Å². The summed E-state index contributed by atoms with van der Waals surface area (Å²) in [5.74, 6) is -3.24. The molecule has 1 saturated carbocycles. The molecule has 0 saturated heterocycles. The molecule has 1 aromatic carbocycles. The van der Waals surface area contributed by atoms with Crippen molar-refractivity contribution in [3.8, 4) is 0 Å². The molecule has 7 heteroatoms. The van der Waals surface area contributed by atoms with Gasteiger partial charge in [0.25, 0.3) is 5.91 Å². The van der Waals surface area contributed by atoms with E-state index in [9.17, 15) is 23.7 Å². The maximum absolute atomic E-state index is 13.7. The number of nitro benzene ring substituents is 1. The van der Waals surface area contributed by atoms with Gasteiger partial charge < -0.3 is 5.32 Å². The number of halogens is 2. The van der Waals surface area contributed by atoms with Crippen LogP contribution < -0.4 is 5.32 Å². The molecule has 0 bridgehead atoms. The molecule has 2 atom stereocenters. The third-order valence-electron chi connectivity index (χ3n) is 2.92. The van der Waals surface area contributed by atoms with E-state index in [-0.39, 0.29) is 12.0 Å². The standard InChI is InChI=1S/C11H10F2N2O3/c1-5-4-7(5)14-11(16)9-6(12)2-3-8(10(9)13)15(17)18/h2-3,5,7H,4H2,1H3,(H,14,16). The number of hydrogen-bond donors (Lipinski definition) is 1. The number of carbonyl (C=O) groups is 1. The van der Waals surface area contributed by atoms with Crippen molar-refractivity contribution >= 4 is 11.6 Å². The van der Waals surface area contributed by atoms with E-state index in [1.807, 2.05) is 6.92 Å². The highest BCUT2D eigenvalue weighted by Gasteiger charge is 2.36. The lowest BCUT2D eigenvalue weighted by Gasteiger charge is -2.06. The van der Waals surface area contributed by atoms with Gasteiger partial charge in [-0.2, -0.15) is 4.39 Å². The molecule has 18 heavy (non-hydrogen) atoms. The van der Waals surface area contributed by atoms with Crippen molar-refractivity contribution in [2.24, 2.45) is 5.92 Å². The number of nitro groups is 1. The van der Waals surface area contributed by atoms with Crippen molar-refractivity contribution in [3.05, 3.63) is 39.4 Å². The summed E-state index contributed by atoms with van der Waals surface area (Å²) >= 11 is 0. The number of hydrogen-bond acceptors (Lipinski definition) is 3. The largest absolute Gasteiger partial charge is 0.349 e. The summed E-state index contributed by atoms with van der Waals surface area (Å²) < 4.78 is 27.0. The molecule has 0 radical (unpaired) electrons. The Kier molecular flexibility index (Phi) is 2.98. The van der Waals surface area contributed by atoms with Crippen molar-refractivity contribution in [1.29, 1.82) is 0 Å². The molecule has 0 spiro atoms. The fraction of sp³-hybridized carbons (Fsp3) is 0.364. The molecular weight excluding hydrogens is 246 g/mol. The first-order valence-corrected chi connectivity index (χ1v) is 5.35. The second kappa shape index (κ2) is 4.32. The van der Waals surface area contributed by atoms with Gasteiger partial charge in [0.2, 0.25) is 5.82 Å². The second-order valence-electron chi connectivity index (χ2n) is 4.31. The predicted molar refractivity (Wildman–Crippen MR) is 58.0 cm³/mol. The monoisotopic (exact) mass is 256 g/mol. The van der Waals surface area contributed by atoms with E-state index in [0.29, 0.717) is 12.1 Å². The van der Waals surface area contributed by atoms with Gasteiger partial charge in [0.05, 0.1) is 4.92 Å². The van der Waals surface area contributed by atoms with E-state index in [0.717, 1.165) is 6.42 Å². The zero-order valence-corrected chi connectivity index (χ0v) is 9.44. The van der Waals surface area contributed by atoms with Crippen LogP contribution in [0, 0.1) is 27.7 Å². The SMILES string of the molecule is CC1CC1NC(=O)c1c(F)ccc([N+](=O)[O-])c1F. The Morgan fingerprint density at radius 1 is 1.50 bits per heavy atom. The van der Waals surface area contributed by atoms with Gasteiger partial charge in [-0.1, -0.05) is 6.92 Å². The molecular formula is C11H10F2N2O3. The Bertz CT molecular complexity index is 533. The minimum absolute atomic E-state index is 0.115. The van der Waals surface area contributed by atoms with Crippen LogP contribution in [0.4, 0.5) is 14.5 Å². The van der Waals surface area contributed by atoms with Crippen LogP contribution in [0.5, 0.6) is 0 Å². The van der Waals surface area contributed by atoms with Gasteiger partial charge in [0, 0.05) is 12.1 Å². The third kappa shape index (κ3) is 2.15. The number of rotatable bonds is 3. The summed E-state index contributed by atoms with van der Waals surface area (Å²) in [7, 11) is 0. The van der Waals surface area contributed by atoms with Crippen molar-refractivity contribution < 1.29 is 18.5 Å².